The zero-order valence-electron chi connectivity index (χ0n) is 19.9. The minimum Gasteiger partial charge on any atom is -0.373 e. The Hall–Kier alpha value is -2.97. The van der Waals surface area contributed by atoms with Gasteiger partial charge in [-0.3, -0.25) is 4.68 Å². The Morgan fingerprint density at radius 3 is 2.74 bits per heavy atom. The molecule has 6 rings (SSSR count). The third-order valence-corrected chi connectivity index (χ3v) is 6.80. The van der Waals surface area contributed by atoms with Crippen molar-refractivity contribution in [1.29, 1.82) is 0 Å². The van der Waals surface area contributed by atoms with Crippen molar-refractivity contribution in [2.75, 3.05) is 6.61 Å². The molecule has 1 saturated heterocycles. The molecule has 2 atom stereocenters. The molecule has 34 heavy (non-hydrogen) atoms. The summed E-state index contributed by atoms with van der Waals surface area (Å²) >= 11 is 6.00. The summed E-state index contributed by atoms with van der Waals surface area (Å²) in [5.74, 6) is 0.120. The quantitative estimate of drug-likeness (QED) is 0.375. The van der Waals surface area contributed by atoms with Crippen LogP contribution in [-0.2, 0) is 4.74 Å². The first-order valence-electron chi connectivity index (χ1n) is 12.0. The second-order valence-corrected chi connectivity index (χ2v) is 9.42. The van der Waals surface area contributed by atoms with E-state index in [1.807, 2.05) is 20.0 Å². The summed E-state index contributed by atoms with van der Waals surface area (Å²) in [7, 11) is 0. The summed E-state index contributed by atoms with van der Waals surface area (Å²) in [6.45, 7) is 4.29. The highest BCUT2D eigenvalue weighted by molar-refractivity contribution is 6.30. The van der Waals surface area contributed by atoms with Gasteiger partial charge in [0.05, 0.1) is 31.1 Å². The van der Waals surface area contributed by atoms with Crippen molar-refractivity contribution >= 4 is 22.8 Å². The van der Waals surface area contributed by atoms with Gasteiger partial charge in [0.2, 0.25) is 0 Å². The van der Waals surface area contributed by atoms with Crippen LogP contribution in [0.2, 0.25) is 5.02 Å². The number of hydrogen-bond donors (Lipinski definition) is 0. The van der Waals surface area contributed by atoms with E-state index in [9.17, 15) is 4.39 Å². The maximum atomic E-state index is 15.0. The molecule has 0 spiro atoms. The SMILES string of the molecule is [2H]C1(n2cc([C@H]3C[C@@H](c4nc(-c5ccc(Cl)cc5F)c5nc(C)c(C)nc5n4)CCO3)cn2)CC1. The minimum absolute atomic E-state index is 0.00935. The molecule has 7 nitrogen and oxygen atoms in total. The number of aryl methyl sites for hydroxylation is 2. The van der Waals surface area contributed by atoms with E-state index < -0.39 is 11.8 Å². The van der Waals surface area contributed by atoms with Gasteiger partial charge in [0.1, 0.15) is 22.9 Å². The average molecular weight is 480 g/mol. The molecular formula is C25H24ClFN6O. The first-order valence-corrected chi connectivity index (χ1v) is 11.8. The molecule has 1 aromatic carbocycles. The lowest BCUT2D eigenvalue weighted by molar-refractivity contribution is 0.00396. The van der Waals surface area contributed by atoms with Gasteiger partial charge >= 0.3 is 0 Å². The summed E-state index contributed by atoms with van der Waals surface area (Å²) in [6.07, 6.45) is 6.55. The van der Waals surface area contributed by atoms with Crippen LogP contribution in [0.15, 0.2) is 30.6 Å². The predicted molar refractivity (Wildman–Crippen MR) is 126 cm³/mol. The van der Waals surface area contributed by atoms with E-state index in [0.29, 0.717) is 46.3 Å². The zero-order chi connectivity index (χ0) is 24.3. The normalized spacial score (nSPS) is 22.1. The highest BCUT2D eigenvalue weighted by Crippen LogP contribution is 2.40. The van der Waals surface area contributed by atoms with E-state index in [1.54, 1.807) is 23.0 Å². The molecule has 4 aromatic rings. The van der Waals surface area contributed by atoms with Crippen molar-refractivity contribution in [3.8, 4) is 11.3 Å². The Morgan fingerprint density at radius 1 is 1.12 bits per heavy atom. The second-order valence-electron chi connectivity index (χ2n) is 8.99. The van der Waals surface area contributed by atoms with E-state index in [-0.39, 0.29) is 12.0 Å². The van der Waals surface area contributed by atoms with E-state index >= 15 is 0 Å². The maximum absolute atomic E-state index is 15.0. The minimum atomic E-state index is -0.611. The number of fused-ring (bicyclic) bond motifs is 1. The van der Waals surface area contributed by atoms with Gasteiger partial charge in [-0.2, -0.15) is 5.10 Å². The van der Waals surface area contributed by atoms with Crippen molar-refractivity contribution in [1.82, 2.24) is 29.7 Å². The van der Waals surface area contributed by atoms with Gasteiger partial charge in [-0.15, -0.1) is 0 Å². The third-order valence-electron chi connectivity index (χ3n) is 6.57. The molecule has 0 amide bonds. The Kier molecular flexibility index (Phi) is 5.02. The van der Waals surface area contributed by atoms with Crippen LogP contribution >= 0.6 is 11.6 Å². The summed E-state index contributed by atoms with van der Waals surface area (Å²) in [5, 5.41) is 4.72. The smallest absolute Gasteiger partial charge is 0.182 e. The van der Waals surface area contributed by atoms with Gasteiger partial charge in [-0.25, -0.2) is 24.3 Å². The molecule has 1 aliphatic carbocycles. The Bertz CT molecular complexity index is 1460. The van der Waals surface area contributed by atoms with Crippen LogP contribution in [-0.4, -0.2) is 36.3 Å². The molecule has 9 heteroatoms. The third kappa shape index (κ3) is 3.95. The van der Waals surface area contributed by atoms with E-state index in [4.69, 9.17) is 27.7 Å². The van der Waals surface area contributed by atoms with Crippen molar-refractivity contribution in [3.05, 3.63) is 64.2 Å². The fourth-order valence-electron chi connectivity index (χ4n) is 4.41. The van der Waals surface area contributed by atoms with Crippen molar-refractivity contribution in [2.24, 2.45) is 0 Å². The van der Waals surface area contributed by atoms with Crippen molar-refractivity contribution in [3.63, 3.8) is 0 Å². The lowest BCUT2D eigenvalue weighted by atomic mass is 9.92. The van der Waals surface area contributed by atoms with E-state index in [1.165, 1.54) is 6.07 Å². The van der Waals surface area contributed by atoms with Gasteiger partial charge in [-0.1, -0.05) is 11.6 Å². The van der Waals surface area contributed by atoms with Gasteiger partial charge < -0.3 is 4.74 Å². The summed E-state index contributed by atoms with van der Waals surface area (Å²) in [4.78, 5) is 18.9. The molecule has 0 unspecified atom stereocenters. The lowest BCUT2D eigenvalue weighted by Gasteiger charge is -2.28. The standard InChI is InChI=1S/C25H24ClFN6O/c1-13-14(2)30-25-23(29-13)22(19-6-3-17(26)10-20(19)27)31-24(32-25)15-7-8-34-21(9-15)16-11-28-33(12-16)18-4-5-18/h3,6,10-12,15,18,21H,4-5,7-9H2,1-2H3/t15-,21+/m0/s1/i18D. The van der Waals surface area contributed by atoms with Crippen LogP contribution in [0.1, 0.15) is 67.9 Å². The van der Waals surface area contributed by atoms with Gasteiger partial charge in [0.25, 0.3) is 0 Å². The molecule has 0 radical (unpaired) electrons. The van der Waals surface area contributed by atoms with Gasteiger partial charge in [0.15, 0.2) is 5.65 Å². The van der Waals surface area contributed by atoms with Crippen molar-refractivity contribution in [2.45, 2.75) is 57.6 Å². The summed E-state index contributed by atoms with van der Waals surface area (Å²) in [5.41, 5.74) is 4.11. The first kappa shape index (κ1) is 20.4. The Labute approximate surface area is 202 Å². The fraction of sp³-hybridized carbons (Fsp3) is 0.400. The molecule has 2 aliphatic rings. The molecule has 0 bridgehead atoms. The molecule has 1 aliphatic heterocycles. The zero-order valence-corrected chi connectivity index (χ0v) is 19.7. The molecule has 2 fully saturated rings. The molecule has 4 heterocycles. The van der Waals surface area contributed by atoms with Crippen LogP contribution in [0.5, 0.6) is 0 Å². The number of halogens is 2. The highest BCUT2D eigenvalue weighted by Gasteiger charge is 2.31. The number of ether oxygens (including phenoxy) is 1. The number of benzene rings is 1. The van der Waals surface area contributed by atoms with Gasteiger partial charge in [0, 0.05) is 34.9 Å². The summed E-state index contributed by atoms with van der Waals surface area (Å²) < 4.78 is 31.1. The molecule has 174 valence electrons. The number of aromatic nitrogens is 6. The monoisotopic (exact) mass is 479 g/mol. The highest BCUT2D eigenvalue weighted by atomic mass is 35.5. The Morgan fingerprint density at radius 2 is 1.94 bits per heavy atom. The lowest BCUT2D eigenvalue weighted by Crippen LogP contribution is -2.20. The summed E-state index contributed by atoms with van der Waals surface area (Å²) in [6, 6.07) is 3.93. The van der Waals surface area contributed by atoms with Crippen LogP contribution in [0, 0.1) is 19.7 Å². The molecular weight excluding hydrogens is 455 g/mol. The topological polar surface area (TPSA) is 78.6 Å². The van der Waals surface area contributed by atoms with E-state index in [2.05, 4.69) is 15.1 Å². The van der Waals surface area contributed by atoms with Gasteiger partial charge in [-0.05, 0) is 57.7 Å². The largest absolute Gasteiger partial charge is 0.373 e. The number of rotatable bonds is 4. The molecule has 3 aromatic heterocycles. The van der Waals surface area contributed by atoms with Crippen LogP contribution in [0.25, 0.3) is 22.4 Å². The van der Waals surface area contributed by atoms with Crippen LogP contribution in [0.4, 0.5) is 4.39 Å². The molecule has 0 N–H and O–H groups in total. The van der Waals surface area contributed by atoms with Crippen LogP contribution < -0.4 is 0 Å². The fourth-order valence-corrected chi connectivity index (χ4v) is 4.56. The maximum Gasteiger partial charge on any atom is 0.182 e. The predicted octanol–water partition coefficient (Wildman–Crippen LogP) is 5.66. The first-order chi connectivity index (χ1) is 16.8. The van der Waals surface area contributed by atoms with E-state index in [0.717, 1.165) is 36.2 Å². The Balaban J connectivity index is 1.40. The second kappa shape index (κ2) is 8.36. The molecule has 1 saturated carbocycles. The number of hydrogen-bond acceptors (Lipinski definition) is 6. The number of nitrogens with zero attached hydrogens (tertiary/aromatic N) is 6. The van der Waals surface area contributed by atoms with Crippen molar-refractivity contribution < 1.29 is 10.5 Å². The average Bonchev–Trinajstić information content (AvgIpc) is 3.38. The van der Waals surface area contributed by atoms with Crippen LogP contribution in [0.3, 0.4) is 0 Å².